The van der Waals surface area contributed by atoms with Crippen LogP contribution in [0.4, 0.5) is 0 Å². The molecule has 2 aliphatic heterocycles. The van der Waals surface area contributed by atoms with Gasteiger partial charge >= 0.3 is 0 Å². The minimum Gasteiger partial charge on any atom is -0.497 e. The van der Waals surface area contributed by atoms with Crippen LogP contribution >= 0.6 is 0 Å². The van der Waals surface area contributed by atoms with Gasteiger partial charge < -0.3 is 54.3 Å². The lowest BCUT2D eigenvalue weighted by molar-refractivity contribution is -0.329. The zero-order valence-corrected chi connectivity index (χ0v) is 17.2. The van der Waals surface area contributed by atoms with Crippen molar-refractivity contribution in [3.8, 4) is 5.75 Å². The minimum absolute atomic E-state index is 0.0636. The van der Waals surface area contributed by atoms with Gasteiger partial charge in [0, 0.05) is 0 Å². The quantitative estimate of drug-likeness (QED) is 0.270. The highest BCUT2D eigenvalue weighted by Gasteiger charge is 2.46. The Bertz CT molecular complexity index is 686. The number of aliphatic hydroxyl groups excluding tert-OH is 6. The normalized spacial score (nSPS) is 41.2. The highest BCUT2D eigenvalue weighted by atomic mass is 16.7. The summed E-state index contributed by atoms with van der Waals surface area (Å²) in [4.78, 5) is 0. The van der Waals surface area contributed by atoms with E-state index in [4.69, 9.17) is 23.7 Å². The fourth-order valence-corrected chi connectivity index (χ4v) is 3.43. The Hall–Kier alpha value is -1.38. The van der Waals surface area contributed by atoms with Crippen LogP contribution in [0.2, 0.25) is 0 Å². The predicted molar refractivity (Wildman–Crippen MR) is 103 cm³/mol. The standard InChI is InChI=1S/C20H30O11/c1-9-13(21)15(23)17(25)19(30-9)29-8-12-14(22)16(24)18(26)20(31-12)28-7-10-3-5-11(27-2)6-4-10/h3-6,9,12-26H,7-8H2,1-2H3/t9-,12-,13-,14-,15+,16+,17+,18-,19+,20-/m0/s1. The number of aliphatic hydroxyl groups is 6. The summed E-state index contributed by atoms with van der Waals surface area (Å²) in [5.74, 6) is 0.674. The Kier molecular flexibility index (Phi) is 8.21. The third-order valence-electron chi connectivity index (χ3n) is 5.47. The molecular weight excluding hydrogens is 416 g/mol. The van der Waals surface area contributed by atoms with Gasteiger partial charge in [-0.3, -0.25) is 0 Å². The summed E-state index contributed by atoms with van der Waals surface area (Å²) in [6.45, 7) is 1.23. The highest BCUT2D eigenvalue weighted by Crippen LogP contribution is 2.26. The van der Waals surface area contributed by atoms with E-state index in [-0.39, 0.29) is 13.2 Å². The van der Waals surface area contributed by atoms with E-state index in [9.17, 15) is 30.6 Å². The molecule has 2 saturated heterocycles. The first-order valence-corrected chi connectivity index (χ1v) is 9.98. The average Bonchev–Trinajstić information content (AvgIpc) is 2.78. The van der Waals surface area contributed by atoms with Gasteiger partial charge in [0.15, 0.2) is 12.6 Å². The molecule has 10 atom stereocenters. The summed E-state index contributed by atoms with van der Waals surface area (Å²) in [7, 11) is 1.55. The Labute approximate surface area is 179 Å². The monoisotopic (exact) mass is 446 g/mol. The zero-order chi connectivity index (χ0) is 22.7. The van der Waals surface area contributed by atoms with Gasteiger partial charge in [-0.25, -0.2) is 0 Å². The van der Waals surface area contributed by atoms with Gasteiger partial charge in [0.1, 0.15) is 48.5 Å². The maximum absolute atomic E-state index is 10.2. The summed E-state index contributed by atoms with van der Waals surface area (Å²) in [5.41, 5.74) is 0.769. The molecule has 0 radical (unpaired) electrons. The molecule has 0 saturated carbocycles. The first-order chi connectivity index (χ1) is 14.7. The number of rotatable bonds is 7. The van der Waals surface area contributed by atoms with Gasteiger partial charge in [0.25, 0.3) is 0 Å². The van der Waals surface area contributed by atoms with Gasteiger partial charge in [0.2, 0.25) is 0 Å². The fraction of sp³-hybridized carbons (Fsp3) is 0.700. The maximum Gasteiger partial charge on any atom is 0.187 e. The maximum atomic E-state index is 10.2. The van der Waals surface area contributed by atoms with Gasteiger partial charge in [-0.2, -0.15) is 0 Å². The van der Waals surface area contributed by atoms with Crippen molar-refractivity contribution in [2.45, 2.75) is 74.9 Å². The fourth-order valence-electron chi connectivity index (χ4n) is 3.43. The van der Waals surface area contributed by atoms with Crippen molar-refractivity contribution in [1.29, 1.82) is 0 Å². The molecule has 3 rings (SSSR count). The molecule has 0 aromatic heterocycles. The van der Waals surface area contributed by atoms with E-state index >= 15 is 0 Å². The zero-order valence-electron chi connectivity index (χ0n) is 17.2. The summed E-state index contributed by atoms with van der Waals surface area (Å²) in [5, 5.41) is 60.2. The molecule has 11 heteroatoms. The molecule has 11 nitrogen and oxygen atoms in total. The van der Waals surface area contributed by atoms with Crippen LogP contribution in [0, 0.1) is 0 Å². The average molecular weight is 446 g/mol. The van der Waals surface area contributed by atoms with Crippen LogP contribution in [0.25, 0.3) is 0 Å². The Morgan fingerprint density at radius 1 is 0.742 bits per heavy atom. The molecule has 0 amide bonds. The summed E-state index contributed by atoms with van der Waals surface area (Å²) < 4.78 is 27.0. The topological polar surface area (TPSA) is 168 Å². The van der Waals surface area contributed by atoms with E-state index in [2.05, 4.69) is 0 Å². The second kappa shape index (κ2) is 10.5. The van der Waals surface area contributed by atoms with Crippen LogP contribution in [-0.4, -0.2) is 106 Å². The molecule has 2 fully saturated rings. The van der Waals surface area contributed by atoms with Crippen molar-refractivity contribution in [2.75, 3.05) is 13.7 Å². The summed E-state index contributed by atoms with van der Waals surface area (Å²) >= 11 is 0. The lowest BCUT2D eigenvalue weighted by Crippen LogP contribution is -2.61. The van der Waals surface area contributed by atoms with Crippen LogP contribution in [0.15, 0.2) is 24.3 Å². The van der Waals surface area contributed by atoms with Crippen LogP contribution < -0.4 is 4.74 Å². The molecule has 0 bridgehead atoms. The molecule has 0 spiro atoms. The van der Waals surface area contributed by atoms with E-state index in [1.54, 1.807) is 31.4 Å². The number of hydrogen-bond acceptors (Lipinski definition) is 11. The predicted octanol–water partition coefficient (Wildman–Crippen LogP) is -2.14. The number of hydrogen-bond donors (Lipinski definition) is 6. The van der Waals surface area contributed by atoms with Gasteiger partial charge in [-0.1, -0.05) is 12.1 Å². The molecule has 176 valence electrons. The van der Waals surface area contributed by atoms with Crippen LogP contribution in [0.1, 0.15) is 12.5 Å². The molecule has 0 unspecified atom stereocenters. The molecular formula is C20H30O11. The lowest BCUT2D eigenvalue weighted by Gasteiger charge is -2.42. The molecule has 2 aliphatic rings. The molecule has 1 aromatic rings. The smallest absolute Gasteiger partial charge is 0.187 e. The van der Waals surface area contributed by atoms with E-state index in [1.807, 2.05) is 0 Å². The van der Waals surface area contributed by atoms with Crippen molar-refractivity contribution in [2.24, 2.45) is 0 Å². The van der Waals surface area contributed by atoms with E-state index in [1.165, 1.54) is 6.92 Å². The number of methoxy groups -OCH3 is 1. The summed E-state index contributed by atoms with van der Waals surface area (Å²) in [6.07, 6.45) is -13.3. The lowest BCUT2D eigenvalue weighted by atomic mass is 9.98. The second-order valence-electron chi connectivity index (χ2n) is 7.69. The number of ether oxygens (including phenoxy) is 5. The van der Waals surface area contributed by atoms with E-state index in [0.29, 0.717) is 5.75 Å². The molecule has 31 heavy (non-hydrogen) atoms. The Balaban J connectivity index is 1.57. The highest BCUT2D eigenvalue weighted by molar-refractivity contribution is 5.26. The first-order valence-electron chi connectivity index (χ1n) is 9.98. The Morgan fingerprint density at radius 3 is 1.94 bits per heavy atom. The van der Waals surface area contributed by atoms with Gasteiger partial charge in [-0.05, 0) is 24.6 Å². The molecule has 0 aliphatic carbocycles. The minimum atomic E-state index is -1.56. The molecule has 1 aromatic carbocycles. The second-order valence-corrected chi connectivity index (χ2v) is 7.69. The number of benzene rings is 1. The van der Waals surface area contributed by atoms with E-state index < -0.39 is 61.4 Å². The van der Waals surface area contributed by atoms with Crippen molar-refractivity contribution in [1.82, 2.24) is 0 Å². The van der Waals surface area contributed by atoms with Crippen molar-refractivity contribution >= 4 is 0 Å². The summed E-state index contributed by atoms with van der Waals surface area (Å²) in [6, 6.07) is 7.02. The third kappa shape index (κ3) is 5.52. The van der Waals surface area contributed by atoms with Gasteiger partial charge in [-0.15, -0.1) is 0 Å². The molecule has 6 N–H and O–H groups in total. The van der Waals surface area contributed by atoms with Gasteiger partial charge in [0.05, 0.1) is 26.4 Å². The van der Waals surface area contributed by atoms with Crippen molar-refractivity contribution in [3.63, 3.8) is 0 Å². The third-order valence-corrected chi connectivity index (χ3v) is 5.47. The van der Waals surface area contributed by atoms with Crippen LogP contribution in [-0.2, 0) is 25.6 Å². The first kappa shape index (κ1) is 24.3. The van der Waals surface area contributed by atoms with Crippen LogP contribution in [0.5, 0.6) is 5.75 Å². The SMILES string of the molecule is COc1ccc(CO[C@H]2O[C@@H](CO[C@@H]3O[C@@H](C)[C@H](O)[C@@H](O)[C@H]3O)[C@H](O)[C@@H](O)[C@@H]2O)cc1. The van der Waals surface area contributed by atoms with Crippen molar-refractivity contribution in [3.05, 3.63) is 29.8 Å². The largest absolute Gasteiger partial charge is 0.497 e. The van der Waals surface area contributed by atoms with Crippen LogP contribution in [0.3, 0.4) is 0 Å². The molecule has 2 heterocycles. The van der Waals surface area contributed by atoms with E-state index in [0.717, 1.165) is 5.56 Å². The van der Waals surface area contributed by atoms with Crippen molar-refractivity contribution < 1.29 is 54.3 Å². The Morgan fingerprint density at radius 2 is 1.32 bits per heavy atom.